The molecule has 0 saturated carbocycles. The molecule has 0 radical (unpaired) electrons. The summed E-state index contributed by atoms with van der Waals surface area (Å²) in [5, 5.41) is 7.53. The van der Waals surface area contributed by atoms with Gasteiger partial charge >= 0.3 is 0 Å². The van der Waals surface area contributed by atoms with Crippen LogP contribution in [-0.2, 0) is 13.6 Å². The van der Waals surface area contributed by atoms with Gasteiger partial charge in [-0.15, -0.1) is 0 Å². The summed E-state index contributed by atoms with van der Waals surface area (Å²) in [4.78, 5) is 10.7. The first-order chi connectivity index (χ1) is 11.0. The number of nitrogens with zero attached hydrogens (tertiary/aromatic N) is 5. The zero-order valence-electron chi connectivity index (χ0n) is 14.6. The van der Waals surface area contributed by atoms with Gasteiger partial charge < -0.3 is 10.2 Å². The van der Waals surface area contributed by atoms with Crippen molar-refractivity contribution in [2.75, 3.05) is 20.6 Å². The van der Waals surface area contributed by atoms with E-state index in [1.807, 2.05) is 19.0 Å². The summed E-state index contributed by atoms with van der Waals surface area (Å²) >= 11 is 0. The molecule has 1 heterocycles. The Kier molecular flexibility index (Phi) is 5.73. The topological polar surface area (TPSA) is 58.3 Å². The maximum atomic E-state index is 4.36. The first-order valence-electron chi connectivity index (χ1n) is 7.82. The third-order valence-electron chi connectivity index (χ3n) is 3.93. The quantitative estimate of drug-likeness (QED) is 0.677. The van der Waals surface area contributed by atoms with E-state index in [1.54, 1.807) is 18.1 Å². The molecule has 6 nitrogen and oxygen atoms in total. The highest BCUT2D eigenvalue weighted by atomic mass is 15.4. The van der Waals surface area contributed by atoms with Crippen molar-refractivity contribution in [3.63, 3.8) is 0 Å². The molecule has 0 spiro atoms. The Morgan fingerprint density at radius 1 is 1.43 bits per heavy atom. The fourth-order valence-electron chi connectivity index (χ4n) is 2.47. The molecule has 23 heavy (non-hydrogen) atoms. The van der Waals surface area contributed by atoms with Crippen LogP contribution in [0.25, 0.3) is 0 Å². The van der Waals surface area contributed by atoms with Gasteiger partial charge in [-0.25, -0.2) is 4.98 Å². The lowest BCUT2D eigenvalue weighted by Crippen LogP contribution is -2.40. The van der Waals surface area contributed by atoms with Gasteiger partial charge in [0.15, 0.2) is 5.96 Å². The van der Waals surface area contributed by atoms with Crippen LogP contribution < -0.4 is 5.32 Å². The summed E-state index contributed by atoms with van der Waals surface area (Å²) in [6.07, 6.45) is 1.57. The van der Waals surface area contributed by atoms with Gasteiger partial charge in [0.1, 0.15) is 12.2 Å². The Hall–Kier alpha value is -2.37. The van der Waals surface area contributed by atoms with Gasteiger partial charge in [-0.2, -0.15) is 5.10 Å². The molecule has 1 atom stereocenters. The fourth-order valence-corrected chi connectivity index (χ4v) is 2.47. The Morgan fingerprint density at radius 2 is 2.22 bits per heavy atom. The minimum atomic E-state index is 0.412. The van der Waals surface area contributed by atoms with Crippen LogP contribution >= 0.6 is 0 Å². The highest BCUT2D eigenvalue weighted by molar-refractivity contribution is 5.79. The Morgan fingerprint density at radius 3 is 2.83 bits per heavy atom. The summed E-state index contributed by atoms with van der Waals surface area (Å²) in [6, 6.07) is 8.64. The van der Waals surface area contributed by atoms with Crippen LogP contribution in [0.15, 0.2) is 35.6 Å². The summed E-state index contributed by atoms with van der Waals surface area (Å²) in [5.41, 5.74) is 2.63. The maximum Gasteiger partial charge on any atom is 0.193 e. The molecule has 2 rings (SSSR count). The molecule has 0 bridgehead atoms. The molecule has 0 aliphatic heterocycles. The van der Waals surface area contributed by atoms with E-state index in [9.17, 15) is 0 Å². The normalized spacial score (nSPS) is 13.0. The first kappa shape index (κ1) is 17.0. The Bertz CT molecular complexity index is 661. The SMILES string of the molecule is CN=C(NCC(C)c1cccc(C)c1)N(C)Cc1ncnn1C. The van der Waals surface area contributed by atoms with Crippen molar-refractivity contribution in [2.45, 2.75) is 26.3 Å². The highest BCUT2D eigenvalue weighted by Gasteiger charge is 2.12. The van der Waals surface area contributed by atoms with Crippen molar-refractivity contribution in [1.82, 2.24) is 25.0 Å². The number of aryl methyl sites for hydroxylation is 2. The van der Waals surface area contributed by atoms with Crippen molar-refractivity contribution in [3.8, 4) is 0 Å². The van der Waals surface area contributed by atoms with Crippen molar-refractivity contribution < 1.29 is 0 Å². The second kappa shape index (κ2) is 7.76. The van der Waals surface area contributed by atoms with Gasteiger partial charge in [0.2, 0.25) is 0 Å². The van der Waals surface area contributed by atoms with Crippen LogP contribution in [0, 0.1) is 6.92 Å². The van der Waals surface area contributed by atoms with Crippen LogP contribution in [0.1, 0.15) is 29.8 Å². The third kappa shape index (κ3) is 4.55. The summed E-state index contributed by atoms with van der Waals surface area (Å²) in [6.45, 7) is 5.84. The molecule has 2 aromatic rings. The van der Waals surface area contributed by atoms with E-state index in [-0.39, 0.29) is 0 Å². The first-order valence-corrected chi connectivity index (χ1v) is 7.82. The monoisotopic (exact) mass is 314 g/mol. The molecule has 0 aliphatic rings. The zero-order chi connectivity index (χ0) is 16.8. The van der Waals surface area contributed by atoms with Crippen LogP contribution in [0.2, 0.25) is 0 Å². The molecule has 6 heteroatoms. The predicted molar refractivity (Wildman–Crippen MR) is 93.4 cm³/mol. The van der Waals surface area contributed by atoms with E-state index in [1.165, 1.54) is 11.1 Å². The van der Waals surface area contributed by atoms with Crippen LogP contribution in [0.5, 0.6) is 0 Å². The van der Waals surface area contributed by atoms with E-state index in [4.69, 9.17) is 0 Å². The van der Waals surface area contributed by atoms with Crippen LogP contribution in [0.4, 0.5) is 0 Å². The molecule has 1 aromatic heterocycles. The molecular weight excluding hydrogens is 288 g/mol. The number of hydrogen-bond donors (Lipinski definition) is 1. The number of rotatable bonds is 5. The van der Waals surface area contributed by atoms with Gasteiger partial charge in [-0.3, -0.25) is 9.67 Å². The molecule has 1 aromatic carbocycles. The number of nitrogens with one attached hydrogen (secondary N) is 1. The summed E-state index contributed by atoms with van der Waals surface area (Å²) < 4.78 is 1.78. The lowest BCUT2D eigenvalue weighted by atomic mass is 9.99. The van der Waals surface area contributed by atoms with Crippen LogP contribution in [-0.4, -0.2) is 46.3 Å². The van der Waals surface area contributed by atoms with Crippen molar-refractivity contribution in [1.29, 1.82) is 0 Å². The average Bonchev–Trinajstić information content (AvgIpc) is 2.92. The molecular formula is C17H26N6. The van der Waals surface area contributed by atoms with E-state index in [0.717, 1.165) is 18.3 Å². The van der Waals surface area contributed by atoms with E-state index in [0.29, 0.717) is 12.5 Å². The van der Waals surface area contributed by atoms with E-state index in [2.05, 4.69) is 58.5 Å². The van der Waals surface area contributed by atoms with E-state index < -0.39 is 0 Å². The number of benzene rings is 1. The number of aliphatic imine (C=N–C) groups is 1. The standard InChI is InChI=1S/C17H26N6/c1-13-7-6-8-15(9-13)14(2)10-19-17(18-3)22(4)11-16-20-12-21-23(16)5/h6-9,12,14H,10-11H2,1-5H3,(H,18,19). The zero-order valence-corrected chi connectivity index (χ0v) is 14.6. The van der Waals surface area contributed by atoms with E-state index >= 15 is 0 Å². The molecule has 0 saturated heterocycles. The Balaban J connectivity index is 1.93. The molecule has 124 valence electrons. The molecule has 0 fully saturated rings. The van der Waals surface area contributed by atoms with Crippen molar-refractivity contribution in [2.24, 2.45) is 12.0 Å². The maximum absolute atomic E-state index is 4.36. The lowest BCUT2D eigenvalue weighted by Gasteiger charge is -2.23. The summed E-state index contributed by atoms with van der Waals surface area (Å²) in [7, 11) is 5.69. The molecule has 1 unspecified atom stereocenters. The van der Waals surface area contributed by atoms with Gasteiger partial charge in [-0.05, 0) is 18.4 Å². The second-order valence-corrected chi connectivity index (χ2v) is 5.90. The minimum Gasteiger partial charge on any atom is -0.356 e. The largest absolute Gasteiger partial charge is 0.356 e. The minimum absolute atomic E-state index is 0.412. The molecule has 0 amide bonds. The number of guanidine groups is 1. The highest BCUT2D eigenvalue weighted by Crippen LogP contribution is 2.15. The smallest absolute Gasteiger partial charge is 0.193 e. The van der Waals surface area contributed by atoms with Gasteiger partial charge in [0.05, 0.1) is 6.54 Å². The number of hydrogen-bond acceptors (Lipinski definition) is 3. The Labute approximate surface area is 138 Å². The average molecular weight is 314 g/mol. The fraction of sp³-hybridized carbons (Fsp3) is 0.471. The van der Waals surface area contributed by atoms with Gasteiger partial charge in [-0.1, -0.05) is 36.8 Å². The lowest BCUT2D eigenvalue weighted by molar-refractivity contribution is 0.446. The van der Waals surface area contributed by atoms with Gasteiger partial charge in [0, 0.05) is 27.7 Å². The van der Waals surface area contributed by atoms with Gasteiger partial charge in [0.25, 0.3) is 0 Å². The predicted octanol–water partition coefficient (Wildman–Crippen LogP) is 1.93. The molecule has 1 N–H and O–H groups in total. The van der Waals surface area contributed by atoms with Crippen molar-refractivity contribution >= 4 is 5.96 Å². The third-order valence-corrected chi connectivity index (χ3v) is 3.93. The van der Waals surface area contributed by atoms with Crippen LogP contribution in [0.3, 0.4) is 0 Å². The summed E-state index contributed by atoms with van der Waals surface area (Å²) in [5.74, 6) is 2.17. The van der Waals surface area contributed by atoms with Crippen molar-refractivity contribution in [3.05, 3.63) is 47.5 Å². The second-order valence-electron chi connectivity index (χ2n) is 5.90. The molecule has 0 aliphatic carbocycles. The number of aromatic nitrogens is 3.